The Hall–Kier alpha value is -1.67. The molecule has 0 radical (unpaired) electrons. The van der Waals surface area contributed by atoms with Crippen LogP contribution in [0.15, 0.2) is 48.5 Å². The standard InChI is InChI=1S/C19H24FN/c1-3-5-15-6-10-17(11-7-15)19(21-4-2)14-16-8-12-18(20)13-9-16/h6-13,19,21H,3-5,14H2,1-2H3. The second kappa shape index (κ2) is 7.94. The van der Waals surface area contributed by atoms with E-state index in [2.05, 4.69) is 43.4 Å². The first kappa shape index (κ1) is 15.7. The third-order valence-electron chi connectivity index (χ3n) is 3.72. The molecule has 0 aromatic heterocycles. The summed E-state index contributed by atoms with van der Waals surface area (Å²) >= 11 is 0. The van der Waals surface area contributed by atoms with Gasteiger partial charge in [-0.05, 0) is 48.2 Å². The molecule has 1 atom stereocenters. The van der Waals surface area contributed by atoms with Crippen molar-refractivity contribution in [1.29, 1.82) is 0 Å². The molecule has 0 saturated carbocycles. The van der Waals surface area contributed by atoms with E-state index in [4.69, 9.17) is 0 Å². The molecule has 0 aliphatic carbocycles. The van der Waals surface area contributed by atoms with Crippen molar-refractivity contribution in [3.8, 4) is 0 Å². The summed E-state index contributed by atoms with van der Waals surface area (Å²) in [5, 5.41) is 3.52. The van der Waals surface area contributed by atoms with E-state index >= 15 is 0 Å². The van der Waals surface area contributed by atoms with Gasteiger partial charge in [-0.2, -0.15) is 0 Å². The van der Waals surface area contributed by atoms with E-state index in [1.807, 2.05) is 12.1 Å². The zero-order chi connectivity index (χ0) is 15.1. The van der Waals surface area contributed by atoms with Gasteiger partial charge in [0.1, 0.15) is 5.82 Å². The second-order valence-electron chi connectivity index (χ2n) is 5.43. The van der Waals surface area contributed by atoms with Gasteiger partial charge in [0.05, 0.1) is 0 Å². The van der Waals surface area contributed by atoms with Gasteiger partial charge in [-0.25, -0.2) is 4.39 Å². The summed E-state index contributed by atoms with van der Waals surface area (Å²) in [6, 6.07) is 15.9. The van der Waals surface area contributed by atoms with E-state index in [1.54, 1.807) is 0 Å². The molecule has 2 aromatic rings. The van der Waals surface area contributed by atoms with E-state index in [0.29, 0.717) is 0 Å². The van der Waals surface area contributed by atoms with Crippen LogP contribution >= 0.6 is 0 Å². The number of nitrogens with one attached hydrogen (secondary N) is 1. The average molecular weight is 285 g/mol. The Kier molecular flexibility index (Phi) is 5.94. The van der Waals surface area contributed by atoms with Crippen molar-refractivity contribution >= 4 is 0 Å². The van der Waals surface area contributed by atoms with Crippen molar-refractivity contribution in [2.24, 2.45) is 0 Å². The summed E-state index contributed by atoms with van der Waals surface area (Å²) in [5.41, 5.74) is 3.83. The summed E-state index contributed by atoms with van der Waals surface area (Å²) in [7, 11) is 0. The van der Waals surface area contributed by atoms with Crippen LogP contribution in [0, 0.1) is 5.82 Å². The van der Waals surface area contributed by atoms with Gasteiger partial charge >= 0.3 is 0 Å². The fourth-order valence-corrected chi connectivity index (χ4v) is 2.62. The first-order valence-corrected chi connectivity index (χ1v) is 7.79. The molecule has 0 bridgehead atoms. The quantitative estimate of drug-likeness (QED) is 0.779. The van der Waals surface area contributed by atoms with Crippen molar-refractivity contribution in [1.82, 2.24) is 5.32 Å². The van der Waals surface area contributed by atoms with Crippen molar-refractivity contribution in [3.05, 3.63) is 71.0 Å². The molecule has 21 heavy (non-hydrogen) atoms. The molecule has 0 saturated heterocycles. The molecule has 0 aliphatic heterocycles. The van der Waals surface area contributed by atoms with Crippen LogP contribution in [0.4, 0.5) is 4.39 Å². The highest BCUT2D eigenvalue weighted by Crippen LogP contribution is 2.20. The predicted octanol–water partition coefficient (Wildman–Crippen LogP) is 4.67. The molecule has 2 heteroatoms. The summed E-state index contributed by atoms with van der Waals surface area (Å²) in [6.07, 6.45) is 3.18. The number of hydrogen-bond donors (Lipinski definition) is 1. The maximum Gasteiger partial charge on any atom is 0.123 e. The lowest BCUT2D eigenvalue weighted by Crippen LogP contribution is -2.23. The van der Waals surface area contributed by atoms with Crippen LogP contribution in [0.1, 0.15) is 43.0 Å². The molecule has 1 unspecified atom stereocenters. The fraction of sp³-hybridized carbons (Fsp3) is 0.368. The van der Waals surface area contributed by atoms with Crippen molar-refractivity contribution in [2.45, 2.75) is 39.2 Å². The van der Waals surface area contributed by atoms with E-state index in [0.717, 1.165) is 24.9 Å². The molecule has 2 aromatic carbocycles. The van der Waals surface area contributed by atoms with Gasteiger partial charge in [0, 0.05) is 6.04 Å². The minimum atomic E-state index is -0.178. The van der Waals surface area contributed by atoms with Crippen LogP contribution in [0.2, 0.25) is 0 Å². The zero-order valence-electron chi connectivity index (χ0n) is 12.9. The second-order valence-corrected chi connectivity index (χ2v) is 5.43. The first-order valence-electron chi connectivity index (χ1n) is 7.79. The summed E-state index contributed by atoms with van der Waals surface area (Å²) < 4.78 is 13.0. The SMILES string of the molecule is CCCc1ccc(C(Cc2ccc(F)cc2)NCC)cc1. The largest absolute Gasteiger partial charge is 0.310 e. The van der Waals surface area contributed by atoms with Crippen LogP contribution < -0.4 is 5.32 Å². The molecular formula is C19H24FN. The Morgan fingerprint density at radius 2 is 1.52 bits per heavy atom. The van der Waals surface area contributed by atoms with Gasteiger partial charge in [-0.15, -0.1) is 0 Å². The number of aryl methyl sites for hydroxylation is 1. The number of rotatable bonds is 7. The van der Waals surface area contributed by atoms with Gasteiger partial charge in [0.15, 0.2) is 0 Å². The summed E-state index contributed by atoms with van der Waals surface area (Å²) in [4.78, 5) is 0. The van der Waals surface area contributed by atoms with Crippen LogP contribution in [0.3, 0.4) is 0 Å². The third-order valence-corrected chi connectivity index (χ3v) is 3.72. The highest BCUT2D eigenvalue weighted by atomic mass is 19.1. The van der Waals surface area contributed by atoms with E-state index in [9.17, 15) is 4.39 Å². The summed E-state index contributed by atoms with van der Waals surface area (Å²) in [5.74, 6) is -0.178. The van der Waals surface area contributed by atoms with E-state index in [-0.39, 0.29) is 11.9 Å². The Labute approximate surface area is 127 Å². The van der Waals surface area contributed by atoms with Crippen molar-refractivity contribution in [3.63, 3.8) is 0 Å². The van der Waals surface area contributed by atoms with Crippen molar-refractivity contribution < 1.29 is 4.39 Å². The van der Waals surface area contributed by atoms with Gasteiger partial charge in [0.2, 0.25) is 0 Å². The first-order chi connectivity index (χ1) is 10.2. The van der Waals surface area contributed by atoms with Gasteiger partial charge in [0.25, 0.3) is 0 Å². The lowest BCUT2D eigenvalue weighted by atomic mass is 9.97. The molecule has 1 nitrogen and oxygen atoms in total. The zero-order valence-corrected chi connectivity index (χ0v) is 12.9. The lowest BCUT2D eigenvalue weighted by Gasteiger charge is -2.19. The lowest BCUT2D eigenvalue weighted by molar-refractivity contribution is 0.548. The number of hydrogen-bond acceptors (Lipinski definition) is 1. The van der Waals surface area contributed by atoms with Gasteiger partial charge in [-0.1, -0.05) is 56.7 Å². The predicted molar refractivity (Wildman–Crippen MR) is 87.0 cm³/mol. The van der Waals surface area contributed by atoms with Crippen LogP contribution in [0.5, 0.6) is 0 Å². The molecule has 0 aliphatic rings. The topological polar surface area (TPSA) is 12.0 Å². The monoisotopic (exact) mass is 285 g/mol. The minimum Gasteiger partial charge on any atom is -0.310 e. The van der Waals surface area contributed by atoms with Gasteiger partial charge in [-0.3, -0.25) is 0 Å². The fourth-order valence-electron chi connectivity index (χ4n) is 2.62. The van der Waals surface area contributed by atoms with Crippen LogP contribution in [0.25, 0.3) is 0 Å². The van der Waals surface area contributed by atoms with Crippen molar-refractivity contribution in [2.75, 3.05) is 6.54 Å². The smallest absolute Gasteiger partial charge is 0.123 e. The van der Waals surface area contributed by atoms with Crippen LogP contribution in [-0.4, -0.2) is 6.54 Å². The van der Waals surface area contributed by atoms with Crippen LogP contribution in [-0.2, 0) is 12.8 Å². The molecule has 112 valence electrons. The minimum absolute atomic E-state index is 0.178. The molecule has 1 N–H and O–H groups in total. The third kappa shape index (κ3) is 4.68. The maximum absolute atomic E-state index is 13.0. The molecule has 0 spiro atoms. The number of halogens is 1. The Morgan fingerprint density at radius 1 is 0.905 bits per heavy atom. The highest BCUT2D eigenvalue weighted by Gasteiger charge is 2.11. The van der Waals surface area contributed by atoms with Gasteiger partial charge < -0.3 is 5.32 Å². The molecule has 2 rings (SSSR count). The molecular weight excluding hydrogens is 261 g/mol. The molecule has 0 heterocycles. The Morgan fingerprint density at radius 3 is 2.10 bits per heavy atom. The van der Waals surface area contributed by atoms with E-state index in [1.165, 1.54) is 29.7 Å². The summed E-state index contributed by atoms with van der Waals surface area (Å²) in [6.45, 7) is 5.23. The number of likely N-dealkylation sites (N-methyl/N-ethyl adjacent to an activating group) is 1. The number of benzene rings is 2. The average Bonchev–Trinajstić information content (AvgIpc) is 2.50. The molecule has 0 amide bonds. The molecule has 0 fully saturated rings. The highest BCUT2D eigenvalue weighted by molar-refractivity contribution is 5.27. The van der Waals surface area contributed by atoms with E-state index < -0.39 is 0 Å². The Balaban J connectivity index is 2.12. The Bertz CT molecular complexity index is 530. The normalized spacial score (nSPS) is 12.3. The maximum atomic E-state index is 13.0.